The zero-order chi connectivity index (χ0) is 65.7. The van der Waals surface area contributed by atoms with E-state index in [0.29, 0.717) is 6.42 Å². The zero-order valence-corrected chi connectivity index (χ0v) is 52.9. The summed E-state index contributed by atoms with van der Waals surface area (Å²) in [6, 6.07) is -4.03. The van der Waals surface area contributed by atoms with E-state index in [2.05, 4.69) is 49.5 Å². The van der Waals surface area contributed by atoms with Crippen LogP contribution in [0.2, 0.25) is 0 Å². The number of primary amides is 1. The van der Waals surface area contributed by atoms with E-state index in [4.69, 9.17) is 5.73 Å². The summed E-state index contributed by atoms with van der Waals surface area (Å²) in [5.41, 5.74) is 7.17. The number of carboxylic acid groups (broad SMARTS) is 3. The Hall–Kier alpha value is -7.01. The van der Waals surface area contributed by atoms with Crippen LogP contribution in [0.25, 0.3) is 0 Å². The lowest BCUT2D eigenvalue weighted by Gasteiger charge is -2.30. The van der Waals surface area contributed by atoms with Crippen molar-refractivity contribution in [3.63, 3.8) is 0 Å². The van der Waals surface area contributed by atoms with Crippen molar-refractivity contribution < 1.29 is 82.8 Å². The van der Waals surface area contributed by atoms with Crippen LogP contribution in [-0.2, 0) is 73.8 Å². The van der Waals surface area contributed by atoms with E-state index in [9.17, 15) is 82.8 Å². The zero-order valence-electron chi connectivity index (χ0n) is 51.3. The molecule has 1 aromatic rings. The summed E-state index contributed by atoms with van der Waals surface area (Å²) in [6.45, 7) is 2.23. The highest BCUT2D eigenvalue weighted by atomic mass is 32.2. The normalized spacial score (nSPS) is 21.9. The van der Waals surface area contributed by atoms with E-state index >= 15 is 0 Å². The number of hydrogen-bond acceptors (Lipinski definition) is 16. The van der Waals surface area contributed by atoms with Crippen molar-refractivity contribution in [1.82, 2.24) is 47.4 Å². The van der Waals surface area contributed by atoms with Crippen LogP contribution >= 0.6 is 23.5 Å². The van der Waals surface area contributed by atoms with Crippen LogP contribution in [0.3, 0.4) is 0 Å². The van der Waals surface area contributed by atoms with Crippen LogP contribution in [0, 0.1) is 0 Å². The molecule has 0 radical (unpaired) electrons. The number of aliphatic hydroxyl groups is 1. The Balaban J connectivity index is 1.87. The molecule has 2 heterocycles. The van der Waals surface area contributed by atoms with Gasteiger partial charge in [0.1, 0.15) is 42.3 Å². The molecule has 1 aromatic carbocycles. The highest BCUT2D eigenvalue weighted by Crippen LogP contribution is 2.24. The van der Waals surface area contributed by atoms with Gasteiger partial charge in [-0.3, -0.25) is 62.3 Å². The first-order valence-electron chi connectivity index (χ1n) is 31.0. The Bertz CT molecular complexity index is 2530. The monoisotopic (exact) mass is 1290 g/mol. The third kappa shape index (κ3) is 30.8. The predicted octanol–water partition coefficient (Wildman–Crippen LogP) is 2.02. The van der Waals surface area contributed by atoms with Gasteiger partial charge in [0.2, 0.25) is 59.1 Å². The lowest BCUT2D eigenvalue weighted by atomic mass is 10.0. The lowest BCUT2D eigenvalue weighted by molar-refractivity contribution is -0.146. The fraction of sp³-hybridized carbons (Fsp3) is 0.683. The smallest absolute Gasteiger partial charge is 0.305 e. The number of hydrogen-bond donors (Lipinski definition) is 13. The maximum Gasteiger partial charge on any atom is 0.305 e. The summed E-state index contributed by atoms with van der Waals surface area (Å²) < 4.78 is 0. The molecule has 2 aliphatic rings. The van der Waals surface area contributed by atoms with Gasteiger partial charge in [0.25, 0.3) is 0 Å². The number of aliphatic hydroxyl groups excluding tert-OH is 1. The fourth-order valence-electron chi connectivity index (χ4n) is 10.1. The maximum absolute atomic E-state index is 14.4. The molecule has 0 aromatic heterocycles. The molecule has 0 spiro atoms. The molecule has 14 N–H and O–H groups in total. The van der Waals surface area contributed by atoms with Gasteiger partial charge in [0, 0.05) is 61.8 Å². The molecule has 89 heavy (non-hydrogen) atoms. The van der Waals surface area contributed by atoms with E-state index in [-0.39, 0.29) is 67.7 Å². The molecule has 1 fully saturated rings. The Labute approximate surface area is 528 Å². The first-order valence-corrected chi connectivity index (χ1v) is 33.3. The van der Waals surface area contributed by atoms with E-state index in [1.54, 1.807) is 24.3 Å². The van der Waals surface area contributed by atoms with Gasteiger partial charge in [-0.15, -0.1) is 0 Å². The molecule has 498 valence electrons. The number of carbonyl (C=O) groups excluding carboxylic acids is 10. The molecule has 10 amide bonds. The summed E-state index contributed by atoms with van der Waals surface area (Å²) in [7, 11) is 0. The number of carbonyl (C=O) groups is 13. The van der Waals surface area contributed by atoms with Crippen molar-refractivity contribution in [3.8, 4) is 0 Å². The predicted molar refractivity (Wildman–Crippen MR) is 332 cm³/mol. The Kier molecular flexibility index (Phi) is 36.7. The summed E-state index contributed by atoms with van der Waals surface area (Å²) in [5.74, 6) is -13.2. The minimum Gasteiger partial charge on any atom is -0.481 e. The molecule has 27 nitrogen and oxygen atoms in total. The van der Waals surface area contributed by atoms with Crippen LogP contribution in [0.4, 0.5) is 0 Å². The molecule has 0 unspecified atom stereocenters. The lowest BCUT2D eigenvalue weighted by Crippen LogP contribution is -2.60. The minimum atomic E-state index is -1.86. The summed E-state index contributed by atoms with van der Waals surface area (Å²) in [6.07, 6.45) is 12.8. The summed E-state index contributed by atoms with van der Waals surface area (Å²) >= 11 is 2.37. The number of benzene rings is 1. The number of rotatable bonds is 30. The summed E-state index contributed by atoms with van der Waals surface area (Å²) in [4.78, 5) is 173. The standard InChI is InChI=1S/C60H94N10O17S2/c1-3-4-5-6-7-8-9-10-11-12-13-14-15-16-17-24-47(72)62-30-29-48(73)65-45-37-89-35-40-22-19-18-21-39(40)34-88-36-44(54(61)81)68-55(82)41(25-27-50(75)76)64-49(74)33-63-59(86)53(38(2)71)69-56(83)42(26-28-51(77)78)66-58(85)46-23-20-31-70(46)60(87)43(32-52(79)80)67-57(45)84/h18-19,21-22,38,41-46,53,71H,3-17,20,23-37H2,1-2H3,(H2,61,81)(H,62,72)(H,63,86)(H,64,74)(H,65,73)(H,66,85)(H,67,84)(H,68,82)(H,69,83)(H,75,76)(H,77,78)(H,79,80)/t38-,41+,42+,43+,44+,45+,46+,53+/m1/s1. The number of fused-ring (bicyclic) bond motifs is 2. The highest BCUT2D eigenvalue weighted by Gasteiger charge is 2.41. The third-order valence-electron chi connectivity index (χ3n) is 15.1. The SMILES string of the molecule is CCCCCCCCCCCCCCCCCC(=O)NCCC(=O)N[C@H]1CSCc2ccccc2CSC[C@@H](C(N)=O)NC(=O)[C@H](CCC(=O)O)NC(=O)CNC(=O)[C@H]([C@@H](C)O)NC(=O)[C@H](CCC(=O)O)NC(=O)[C@@H]2CCCN2C(=O)[C@H](CC(=O)O)NC1=O. The number of nitrogens with zero attached hydrogens (tertiary/aromatic N) is 1. The van der Waals surface area contributed by atoms with Crippen molar-refractivity contribution >= 4 is 101 Å². The van der Waals surface area contributed by atoms with Crippen molar-refractivity contribution in [2.75, 3.05) is 31.1 Å². The first kappa shape index (κ1) is 76.2. The van der Waals surface area contributed by atoms with E-state index in [1.807, 2.05) is 0 Å². The van der Waals surface area contributed by atoms with Gasteiger partial charge in [0.05, 0.1) is 19.1 Å². The van der Waals surface area contributed by atoms with Gasteiger partial charge in [-0.05, 0) is 50.2 Å². The summed E-state index contributed by atoms with van der Waals surface area (Å²) in [5, 5.41) is 59.0. The largest absolute Gasteiger partial charge is 0.481 e. The molecule has 29 heteroatoms. The number of nitrogens with two attached hydrogens (primary N) is 1. The fourth-order valence-corrected chi connectivity index (χ4v) is 12.3. The van der Waals surface area contributed by atoms with Gasteiger partial charge >= 0.3 is 17.9 Å². The van der Waals surface area contributed by atoms with Crippen molar-refractivity contribution in [3.05, 3.63) is 35.4 Å². The molecule has 0 saturated carbocycles. The highest BCUT2D eigenvalue weighted by molar-refractivity contribution is 7.99. The molecule has 0 aliphatic carbocycles. The Morgan fingerprint density at radius 3 is 1.69 bits per heavy atom. The number of nitrogens with one attached hydrogen (secondary N) is 8. The van der Waals surface area contributed by atoms with Gasteiger partial charge < -0.3 is 73.6 Å². The van der Waals surface area contributed by atoms with Crippen molar-refractivity contribution in [2.45, 2.75) is 228 Å². The third-order valence-corrected chi connectivity index (χ3v) is 17.3. The average molecular weight is 1290 g/mol. The van der Waals surface area contributed by atoms with Gasteiger partial charge in [-0.25, -0.2) is 0 Å². The number of thioether (sulfide) groups is 2. The van der Waals surface area contributed by atoms with E-state index < -0.39 is 158 Å². The molecule has 2 aliphatic heterocycles. The molecule has 3 rings (SSSR count). The number of unbranched alkanes of at least 4 members (excludes halogenated alkanes) is 14. The van der Waals surface area contributed by atoms with Gasteiger partial charge in [-0.2, -0.15) is 23.5 Å². The number of aliphatic carboxylic acids is 3. The minimum absolute atomic E-state index is 0.0325. The van der Waals surface area contributed by atoms with Crippen molar-refractivity contribution in [1.29, 1.82) is 0 Å². The van der Waals surface area contributed by atoms with Crippen LogP contribution in [0.5, 0.6) is 0 Å². The molecule has 0 bridgehead atoms. The number of amides is 10. The van der Waals surface area contributed by atoms with Crippen LogP contribution in [0.15, 0.2) is 24.3 Å². The van der Waals surface area contributed by atoms with Gasteiger partial charge in [-0.1, -0.05) is 121 Å². The van der Waals surface area contributed by atoms with E-state index in [1.165, 1.54) is 87.7 Å². The second-order valence-electron chi connectivity index (χ2n) is 22.5. The Morgan fingerprint density at radius 2 is 1.15 bits per heavy atom. The first-order chi connectivity index (χ1) is 42.5. The van der Waals surface area contributed by atoms with Crippen LogP contribution in [-0.4, -0.2) is 182 Å². The molecular weight excluding hydrogens is 1200 g/mol. The molecule has 1 saturated heterocycles. The van der Waals surface area contributed by atoms with Crippen LogP contribution in [0.1, 0.15) is 179 Å². The quantitative estimate of drug-likeness (QED) is 0.0490. The molecule has 8 atom stereocenters. The molecular formula is C60H94N10O17S2. The Morgan fingerprint density at radius 1 is 0.618 bits per heavy atom. The van der Waals surface area contributed by atoms with Gasteiger partial charge in [0.15, 0.2) is 0 Å². The second kappa shape index (κ2) is 42.8. The van der Waals surface area contributed by atoms with Crippen LogP contribution < -0.4 is 48.3 Å². The van der Waals surface area contributed by atoms with E-state index in [0.717, 1.165) is 48.6 Å². The second-order valence-corrected chi connectivity index (χ2v) is 24.6. The maximum atomic E-state index is 14.4. The topological polar surface area (TPSA) is 428 Å². The van der Waals surface area contributed by atoms with Crippen molar-refractivity contribution in [2.24, 2.45) is 5.73 Å². The average Bonchev–Trinajstić information content (AvgIpc) is 2.40. The number of carboxylic acids is 3.